The van der Waals surface area contributed by atoms with E-state index in [1.54, 1.807) is 12.1 Å². The molecule has 7 heteroatoms. The third-order valence-electron chi connectivity index (χ3n) is 2.80. The zero-order valence-corrected chi connectivity index (χ0v) is 11.3. The van der Waals surface area contributed by atoms with Gasteiger partial charge >= 0.3 is 6.03 Å². The molecular weight excluding hydrogens is 272 g/mol. The number of halogens is 1. The highest BCUT2D eigenvalue weighted by molar-refractivity contribution is 6.32. The molecule has 1 aliphatic heterocycles. The van der Waals surface area contributed by atoms with Crippen molar-refractivity contribution < 1.29 is 19.1 Å². The Morgan fingerprint density at radius 1 is 1.21 bits per heavy atom. The molecule has 0 aromatic heterocycles. The van der Waals surface area contributed by atoms with E-state index in [-0.39, 0.29) is 18.9 Å². The van der Waals surface area contributed by atoms with Gasteiger partial charge < -0.3 is 9.47 Å². The molecule has 0 bridgehead atoms. The summed E-state index contributed by atoms with van der Waals surface area (Å²) in [7, 11) is 2.96. The number of rotatable bonds is 3. The van der Waals surface area contributed by atoms with E-state index in [9.17, 15) is 9.59 Å². The van der Waals surface area contributed by atoms with Gasteiger partial charge in [-0.15, -0.1) is 0 Å². The molecule has 102 valence electrons. The number of anilines is 1. The Morgan fingerprint density at radius 3 is 2.47 bits per heavy atom. The van der Waals surface area contributed by atoms with Crippen molar-refractivity contribution in [2.45, 2.75) is 6.42 Å². The number of urea groups is 1. The van der Waals surface area contributed by atoms with Crippen LogP contribution < -0.4 is 19.7 Å². The highest BCUT2D eigenvalue weighted by Gasteiger charge is 2.27. The number of nitrogens with one attached hydrogen (secondary N) is 1. The summed E-state index contributed by atoms with van der Waals surface area (Å²) in [5.74, 6) is 0.582. The quantitative estimate of drug-likeness (QED) is 0.919. The Kier molecular flexibility index (Phi) is 3.80. The smallest absolute Gasteiger partial charge is 0.328 e. The highest BCUT2D eigenvalue weighted by Crippen LogP contribution is 2.38. The zero-order chi connectivity index (χ0) is 14.0. The molecular formula is C12H13ClN2O4. The Hall–Kier alpha value is -1.95. The molecule has 1 saturated heterocycles. The minimum Gasteiger partial charge on any atom is -0.495 e. The van der Waals surface area contributed by atoms with Gasteiger partial charge in [0, 0.05) is 25.1 Å². The molecule has 1 aromatic rings. The van der Waals surface area contributed by atoms with Crippen molar-refractivity contribution in [3.05, 3.63) is 17.2 Å². The van der Waals surface area contributed by atoms with E-state index in [4.69, 9.17) is 21.1 Å². The molecule has 6 nitrogen and oxygen atoms in total. The molecule has 0 spiro atoms. The Morgan fingerprint density at radius 2 is 1.89 bits per heavy atom. The van der Waals surface area contributed by atoms with Crippen LogP contribution in [0.3, 0.4) is 0 Å². The maximum atomic E-state index is 11.8. The molecule has 1 aliphatic rings. The number of methoxy groups -OCH3 is 2. The van der Waals surface area contributed by atoms with Gasteiger partial charge in [0.15, 0.2) is 0 Å². The van der Waals surface area contributed by atoms with Crippen molar-refractivity contribution in [2.24, 2.45) is 0 Å². The number of benzene rings is 1. The van der Waals surface area contributed by atoms with E-state index >= 15 is 0 Å². The fourth-order valence-electron chi connectivity index (χ4n) is 1.85. The molecule has 0 aliphatic carbocycles. The van der Waals surface area contributed by atoms with Crippen LogP contribution in [0, 0.1) is 0 Å². The first-order valence-electron chi connectivity index (χ1n) is 5.59. The van der Waals surface area contributed by atoms with E-state index < -0.39 is 6.03 Å². The SMILES string of the molecule is COc1cc(N2CCC(=O)NC2=O)c(OC)cc1Cl. The van der Waals surface area contributed by atoms with Gasteiger partial charge in [-0.3, -0.25) is 15.0 Å². The number of nitrogens with zero attached hydrogens (tertiary/aromatic N) is 1. The minimum absolute atomic E-state index is 0.236. The Balaban J connectivity index is 2.42. The van der Waals surface area contributed by atoms with Crippen LogP contribution in [-0.4, -0.2) is 32.7 Å². The number of carbonyl (C=O) groups is 2. The lowest BCUT2D eigenvalue weighted by atomic mass is 10.2. The Bertz CT molecular complexity index is 533. The average Bonchev–Trinajstić information content (AvgIpc) is 2.39. The fourth-order valence-corrected chi connectivity index (χ4v) is 2.08. The van der Waals surface area contributed by atoms with Crippen LogP contribution >= 0.6 is 11.6 Å². The van der Waals surface area contributed by atoms with Crippen molar-refractivity contribution in [1.82, 2.24) is 5.32 Å². The second-order valence-corrected chi connectivity index (χ2v) is 4.32. The lowest BCUT2D eigenvalue weighted by Gasteiger charge is -2.28. The highest BCUT2D eigenvalue weighted by atomic mass is 35.5. The standard InChI is InChI=1S/C12H13ClN2O4/c1-18-9-6-8(10(19-2)5-7(9)13)15-4-3-11(16)14-12(15)17/h5-6H,3-4H2,1-2H3,(H,14,16,17). The molecule has 1 N–H and O–H groups in total. The van der Waals surface area contributed by atoms with Crippen LogP contribution in [-0.2, 0) is 4.79 Å². The molecule has 3 amide bonds. The summed E-state index contributed by atoms with van der Waals surface area (Å²) in [6, 6.07) is 2.69. The van der Waals surface area contributed by atoms with Gasteiger partial charge in [-0.05, 0) is 0 Å². The number of amides is 3. The van der Waals surface area contributed by atoms with Crippen molar-refractivity contribution in [1.29, 1.82) is 0 Å². The summed E-state index contributed by atoms with van der Waals surface area (Å²) in [6.07, 6.45) is 0.236. The molecule has 1 aromatic carbocycles. The van der Waals surface area contributed by atoms with Crippen LogP contribution in [0.5, 0.6) is 11.5 Å². The fraction of sp³-hybridized carbons (Fsp3) is 0.333. The van der Waals surface area contributed by atoms with E-state index in [1.807, 2.05) is 0 Å². The summed E-state index contributed by atoms with van der Waals surface area (Å²) in [5, 5.41) is 2.64. The van der Waals surface area contributed by atoms with Crippen LogP contribution in [0.25, 0.3) is 0 Å². The number of hydrogen-bond donors (Lipinski definition) is 1. The van der Waals surface area contributed by atoms with Gasteiger partial charge in [-0.2, -0.15) is 0 Å². The van der Waals surface area contributed by atoms with Gasteiger partial charge in [0.05, 0.1) is 24.9 Å². The average molecular weight is 285 g/mol. The van der Waals surface area contributed by atoms with E-state index in [0.29, 0.717) is 22.2 Å². The summed E-state index contributed by atoms with van der Waals surface area (Å²) in [6.45, 7) is 0.284. The molecule has 2 rings (SSSR count). The normalized spacial score (nSPS) is 15.2. The van der Waals surface area contributed by atoms with Crippen LogP contribution in [0.1, 0.15) is 6.42 Å². The molecule has 0 unspecified atom stereocenters. The number of carbonyl (C=O) groups excluding carboxylic acids is 2. The van der Waals surface area contributed by atoms with Crippen LogP contribution in [0.4, 0.5) is 10.5 Å². The molecule has 1 fully saturated rings. The van der Waals surface area contributed by atoms with Gasteiger partial charge in [-0.1, -0.05) is 11.6 Å². The lowest BCUT2D eigenvalue weighted by molar-refractivity contribution is -0.120. The first-order chi connectivity index (χ1) is 9.06. The predicted octanol–water partition coefficient (Wildman–Crippen LogP) is 1.80. The lowest BCUT2D eigenvalue weighted by Crippen LogP contribution is -2.49. The molecule has 0 radical (unpaired) electrons. The van der Waals surface area contributed by atoms with Crippen LogP contribution in [0.2, 0.25) is 5.02 Å². The van der Waals surface area contributed by atoms with Gasteiger partial charge in [0.2, 0.25) is 5.91 Å². The van der Waals surface area contributed by atoms with Crippen molar-refractivity contribution in [2.75, 3.05) is 25.7 Å². The molecule has 1 heterocycles. The molecule has 0 atom stereocenters. The predicted molar refractivity (Wildman–Crippen MR) is 70.1 cm³/mol. The summed E-state index contributed by atoms with van der Waals surface area (Å²) in [5.41, 5.74) is 0.508. The van der Waals surface area contributed by atoms with E-state index in [0.717, 1.165) is 0 Å². The van der Waals surface area contributed by atoms with Crippen molar-refractivity contribution in [3.8, 4) is 11.5 Å². The first-order valence-corrected chi connectivity index (χ1v) is 5.97. The molecule has 0 saturated carbocycles. The second-order valence-electron chi connectivity index (χ2n) is 3.91. The largest absolute Gasteiger partial charge is 0.495 e. The first kappa shape index (κ1) is 13.5. The van der Waals surface area contributed by atoms with Gasteiger partial charge in [0.1, 0.15) is 11.5 Å². The third-order valence-corrected chi connectivity index (χ3v) is 3.09. The monoisotopic (exact) mass is 284 g/mol. The van der Waals surface area contributed by atoms with Crippen LogP contribution in [0.15, 0.2) is 12.1 Å². The van der Waals surface area contributed by atoms with Gasteiger partial charge in [-0.25, -0.2) is 4.79 Å². The van der Waals surface area contributed by atoms with Crippen molar-refractivity contribution >= 4 is 29.2 Å². The third kappa shape index (κ3) is 2.58. The topological polar surface area (TPSA) is 67.9 Å². The zero-order valence-electron chi connectivity index (χ0n) is 10.5. The number of imide groups is 1. The Labute approximate surface area is 115 Å². The summed E-state index contributed by atoms with van der Waals surface area (Å²) >= 11 is 6.00. The number of hydrogen-bond acceptors (Lipinski definition) is 4. The van der Waals surface area contributed by atoms with Crippen molar-refractivity contribution in [3.63, 3.8) is 0 Å². The number of ether oxygens (including phenoxy) is 2. The van der Waals surface area contributed by atoms with Gasteiger partial charge in [0.25, 0.3) is 0 Å². The molecule has 19 heavy (non-hydrogen) atoms. The summed E-state index contributed by atoms with van der Waals surface area (Å²) < 4.78 is 10.3. The minimum atomic E-state index is -0.487. The van der Waals surface area contributed by atoms with E-state index in [1.165, 1.54) is 19.1 Å². The van der Waals surface area contributed by atoms with E-state index in [2.05, 4.69) is 5.32 Å². The maximum Gasteiger partial charge on any atom is 0.328 e. The maximum absolute atomic E-state index is 11.8. The second kappa shape index (κ2) is 5.36. The summed E-state index contributed by atoms with van der Waals surface area (Å²) in [4.78, 5) is 24.4.